The first kappa shape index (κ1) is 16.5. The van der Waals surface area contributed by atoms with Crippen LogP contribution in [0.3, 0.4) is 0 Å². The molecule has 2 aromatic carbocycles. The first-order valence-electron chi connectivity index (χ1n) is 9.72. The minimum Gasteiger partial charge on any atom is -0.336 e. The molecule has 4 heteroatoms. The number of benzene rings is 2. The Hall–Kier alpha value is -2.72. The van der Waals surface area contributed by atoms with Crippen molar-refractivity contribution in [2.75, 3.05) is 13.1 Å². The molecule has 1 aliphatic heterocycles. The van der Waals surface area contributed by atoms with E-state index >= 15 is 0 Å². The van der Waals surface area contributed by atoms with Crippen LogP contribution in [0.2, 0.25) is 0 Å². The first-order valence-corrected chi connectivity index (χ1v) is 9.72. The molecule has 2 aliphatic rings. The normalized spacial score (nSPS) is 21.6. The van der Waals surface area contributed by atoms with Gasteiger partial charge in [0.1, 0.15) is 0 Å². The number of nitrogens with zero attached hydrogens (tertiary/aromatic N) is 2. The standard InChI is InChI=1S/C23H23N3O/c24-19-14-26(13-18(19)15-7-2-1-3-8-15)23(27)22-16-9-4-5-11-20(16)25-21-12-6-10-17(21)22/h1-5,7-9,11,18-19H,6,10,12-14,24H2/t18-,19+/m0/s1. The van der Waals surface area contributed by atoms with Gasteiger partial charge in [0.2, 0.25) is 0 Å². The molecule has 1 saturated heterocycles. The summed E-state index contributed by atoms with van der Waals surface area (Å²) in [6.45, 7) is 1.28. The molecule has 2 atom stereocenters. The predicted molar refractivity (Wildman–Crippen MR) is 107 cm³/mol. The molecule has 3 aromatic rings. The molecule has 0 saturated carbocycles. The number of aromatic nitrogens is 1. The molecular formula is C23H23N3O. The Bertz CT molecular complexity index is 1010. The van der Waals surface area contributed by atoms with Crippen LogP contribution < -0.4 is 5.73 Å². The number of fused-ring (bicyclic) bond motifs is 2. The summed E-state index contributed by atoms with van der Waals surface area (Å²) in [5.74, 6) is 0.303. The van der Waals surface area contributed by atoms with E-state index in [0.717, 1.165) is 47.0 Å². The number of hydrogen-bond acceptors (Lipinski definition) is 3. The van der Waals surface area contributed by atoms with Gasteiger partial charge < -0.3 is 10.6 Å². The lowest BCUT2D eigenvalue weighted by atomic mass is 9.95. The number of likely N-dealkylation sites (tertiary alicyclic amines) is 1. The van der Waals surface area contributed by atoms with Gasteiger partial charge in [0.15, 0.2) is 0 Å². The maximum atomic E-state index is 13.6. The second-order valence-corrected chi connectivity index (χ2v) is 7.67. The zero-order valence-electron chi connectivity index (χ0n) is 15.3. The molecule has 0 spiro atoms. The van der Waals surface area contributed by atoms with Crippen molar-refractivity contribution in [3.8, 4) is 0 Å². The molecule has 0 radical (unpaired) electrons. The minimum atomic E-state index is -0.0301. The Kier molecular flexibility index (Phi) is 3.94. The summed E-state index contributed by atoms with van der Waals surface area (Å²) in [6.07, 6.45) is 2.98. The number of hydrogen-bond donors (Lipinski definition) is 1. The Balaban J connectivity index is 1.54. The van der Waals surface area contributed by atoms with E-state index in [0.29, 0.717) is 13.1 Å². The van der Waals surface area contributed by atoms with E-state index in [1.807, 2.05) is 47.4 Å². The lowest BCUT2D eigenvalue weighted by molar-refractivity contribution is 0.0790. The second kappa shape index (κ2) is 6.46. The van der Waals surface area contributed by atoms with Crippen LogP contribution in [0.5, 0.6) is 0 Å². The third-order valence-electron chi connectivity index (χ3n) is 6.01. The van der Waals surface area contributed by atoms with Gasteiger partial charge in [-0.2, -0.15) is 0 Å². The van der Waals surface area contributed by atoms with Crippen LogP contribution in [-0.4, -0.2) is 34.9 Å². The number of para-hydroxylation sites is 1. The second-order valence-electron chi connectivity index (χ2n) is 7.67. The minimum absolute atomic E-state index is 0.0301. The Labute approximate surface area is 159 Å². The van der Waals surface area contributed by atoms with Gasteiger partial charge in [-0.3, -0.25) is 9.78 Å². The number of amides is 1. The summed E-state index contributed by atoms with van der Waals surface area (Å²) in [5.41, 5.74) is 11.7. The molecule has 2 heterocycles. The van der Waals surface area contributed by atoms with Crippen LogP contribution in [-0.2, 0) is 12.8 Å². The van der Waals surface area contributed by atoms with Crippen molar-refractivity contribution in [2.24, 2.45) is 5.73 Å². The van der Waals surface area contributed by atoms with E-state index < -0.39 is 0 Å². The third-order valence-corrected chi connectivity index (χ3v) is 6.01. The summed E-state index contributed by atoms with van der Waals surface area (Å²) in [4.78, 5) is 20.3. The van der Waals surface area contributed by atoms with Gasteiger partial charge in [-0.1, -0.05) is 48.5 Å². The predicted octanol–water partition coefficient (Wildman–Crippen LogP) is 3.29. The van der Waals surface area contributed by atoms with Crippen molar-refractivity contribution < 1.29 is 4.79 Å². The van der Waals surface area contributed by atoms with Crippen molar-refractivity contribution in [3.05, 3.63) is 77.0 Å². The first-order chi connectivity index (χ1) is 13.2. The Morgan fingerprint density at radius 1 is 1.00 bits per heavy atom. The van der Waals surface area contributed by atoms with Crippen molar-refractivity contribution in [3.63, 3.8) is 0 Å². The van der Waals surface area contributed by atoms with Gasteiger partial charge in [0, 0.05) is 36.1 Å². The monoisotopic (exact) mass is 357 g/mol. The van der Waals surface area contributed by atoms with Crippen molar-refractivity contribution in [2.45, 2.75) is 31.2 Å². The van der Waals surface area contributed by atoms with Crippen LogP contribution in [0, 0.1) is 0 Å². The Morgan fingerprint density at radius 2 is 1.78 bits per heavy atom. The van der Waals surface area contributed by atoms with Crippen molar-refractivity contribution >= 4 is 16.8 Å². The zero-order chi connectivity index (χ0) is 18.4. The highest BCUT2D eigenvalue weighted by Crippen LogP contribution is 2.33. The van der Waals surface area contributed by atoms with Crippen LogP contribution in [0.1, 0.15) is 39.5 Å². The van der Waals surface area contributed by atoms with E-state index in [4.69, 9.17) is 10.7 Å². The number of rotatable bonds is 2. The average molecular weight is 357 g/mol. The molecule has 136 valence electrons. The molecule has 1 amide bonds. The smallest absolute Gasteiger partial charge is 0.254 e. The van der Waals surface area contributed by atoms with E-state index in [2.05, 4.69) is 12.1 Å². The fourth-order valence-electron chi connectivity index (χ4n) is 4.66. The lowest BCUT2D eigenvalue weighted by Gasteiger charge is -2.20. The summed E-state index contributed by atoms with van der Waals surface area (Å²) in [5, 5.41) is 0.972. The maximum Gasteiger partial charge on any atom is 0.254 e. The topological polar surface area (TPSA) is 59.2 Å². The molecule has 4 nitrogen and oxygen atoms in total. The van der Waals surface area contributed by atoms with Gasteiger partial charge in [0.05, 0.1) is 11.1 Å². The van der Waals surface area contributed by atoms with E-state index in [1.165, 1.54) is 5.56 Å². The average Bonchev–Trinajstić information content (AvgIpc) is 3.32. The highest BCUT2D eigenvalue weighted by molar-refractivity contribution is 6.08. The number of pyridine rings is 1. The fraction of sp³-hybridized carbons (Fsp3) is 0.304. The van der Waals surface area contributed by atoms with E-state index in [1.54, 1.807) is 0 Å². The molecule has 0 bridgehead atoms. The summed E-state index contributed by atoms with van der Waals surface area (Å²) < 4.78 is 0. The largest absolute Gasteiger partial charge is 0.336 e. The summed E-state index contributed by atoms with van der Waals surface area (Å²) in [6, 6.07) is 18.3. The quantitative estimate of drug-likeness (QED) is 0.766. The van der Waals surface area contributed by atoms with Crippen LogP contribution in [0.25, 0.3) is 10.9 Å². The zero-order valence-corrected chi connectivity index (χ0v) is 15.3. The lowest BCUT2D eigenvalue weighted by Crippen LogP contribution is -2.33. The van der Waals surface area contributed by atoms with Gasteiger partial charge in [0.25, 0.3) is 5.91 Å². The molecule has 2 N–H and O–H groups in total. The summed E-state index contributed by atoms with van der Waals surface area (Å²) >= 11 is 0. The van der Waals surface area contributed by atoms with Gasteiger partial charge in [-0.05, 0) is 36.5 Å². The van der Waals surface area contributed by atoms with Crippen LogP contribution in [0.4, 0.5) is 0 Å². The molecule has 1 aliphatic carbocycles. The SMILES string of the molecule is N[C@@H]1CN(C(=O)c2c3c(nc4ccccc24)CCC3)C[C@H]1c1ccccc1. The van der Waals surface area contributed by atoms with E-state index in [-0.39, 0.29) is 17.9 Å². The highest BCUT2D eigenvalue weighted by Gasteiger charge is 2.36. The maximum absolute atomic E-state index is 13.6. The highest BCUT2D eigenvalue weighted by atomic mass is 16.2. The number of carbonyl (C=O) groups excluding carboxylic acids is 1. The molecule has 5 rings (SSSR count). The van der Waals surface area contributed by atoms with E-state index in [9.17, 15) is 4.79 Å². The van der Waals surface area contributed by atoms with Gasteiger partial charge in [-0.25, -0.2) is 0 Å². The summed E-state index contributed by atoms with van der Waals surface area (Å²) in [7, 11) is 0. The van der Waals surface area contributed by atoms with Crippen molar-refractivity contribution in [1.82, 2.24) is 9.88 Å². The molecular weight excluding hydrogens is 334 g/mol. The number of nitrogens with two attached hydrogens (primary N) is 1. The van der Waals surface area contributed by atoms with Crippen LogP contribution >= 0.6 is 0 Å². The Morgan fingerprint density at radius 3 is 2.63 bits per heavy atom. The molecule has 1 fully saturated rings. The fourth-order valence-corrected chi connectivity index (χ4v) is 4.66. The molecule has 0 unspecified atom stereocenters. The van der Waals surface area contributed by atoms with Gasteiger partial charge in [-0.15, -0.1) is 0 Å². The van der Waals surface area contributed by atoms with Gasteiger partial charge >= 0.3 is 0 Å². The number of aryl methyl sites for hydroxylation is 1. The van der Waals surface area contributed by atoms with Crippen molar-refractivity contribution in [1.29, 1.82) is 0 Å². The molecule has 27 heavy (non-hydrogen) atoms. The third kappa shape index (κ3) is 2.72. The van der Waals surface area contributed by atoms with Crippen LogP contribution in [0.15, 0.2) is 54.6 Å². The number of carbonyl (C=O) groups is 1. The molecule has 1 aromatic heterocycles.